The fourth-order valence-electron chi connectivity index (χ4n) is 1.91. The summed E-state index contributed by atoms with van der Waals surface area (Å²) in [5, 5.41) is 3.40. The molecule has 0 aromatic heterocycles. The van der Waals surface area contributed by atoms with Gasteiger partial charge in [-0.15, -0.1) is 0 Å². The maximum atomic E-state index is 12.3. The second kappa shape index (κ2) is 6.14. The van der Waals surface area contributed by atoms with Gasteiger partial charge in [-0.05, 0) is 84.3 Å². The van der Waals surface area contributed by atoms with Crippen LogP contribution in [0, 0.1) is 24.3 Å². The average Bonchev–Trinajstić information content (AvgIpc) is 2.35. The lowest BCUT2D eigenvalue weighted by molar-refractivity contribution is 0.102. The van der Waals surface area contributed by atoms with Crippen molar-refractivity contribution >= 4 is 45.8 Å². The van der Waals surface area contributed by atoms with Crippen LogP contribution in [0.15, 0.2) is 30.3 Å². The lowest BCUT2D eigenvalue weighted by Crippen LogP contribution is -2.13. The quantitative estimate of drug-likeness (QED) is 0.698. The molecule has 0 heterocycles. The van der Waals surface area contributed by atoms with Gasteiger partial charge in [-0.2, -0.15) is 0 Å². The second-order valence-electron chi connectivity index (χ2n) is 4.85. The minimum Gasteiger partial charge on any atom is -0.322 e. The number of nitrogens with one attached hydrogen (secondary N) is 1. The Kier molecular flexibility index (Phi) is 4.70. The second-order valence-corrected chi connectivity index (χ2v) is 6.42. The van der Waals surface area contributed by atoms with E-state index in [1.54, 1.807) is 12.1 Å². The lowest BCUT2D eigenvalue weighted by atomic mass is 10.1. The number of rotatable bonds is 2. The molecule has 2 rings (SSSR count). The van der Waals surface area contributed by atoms with Gasteiger partial charge >= 0.3 is 0 Å². The minimum absolute atomic E-state index is 0.182. The molecular weight excluding hydrogens is 385 g/mol. The van der Waals surface area contributed by atoms with E-state index in [0.29, 0.717) is 10.6 Å². The first-order chi connectivity index (χ1) is 9.38. The van der Waals surface area contributed by atoms with E-state index >= 15 is 0 Å². The third-order valence-corrected chi connectivity index (χ3v) is 4.60. The molecule has 2 aromatic rings. The number of carbonyl (C=O) groups excluding carboxylic acids is 1. The van der Waals surface area contributed by atoms with E-state index in [4.69, 9.17) is 11.6 Å². The van der Waals surface area contributed by atoms with Crippen molar-refractivity contribution in [2.45, 2.75) is 20.8 Å². The summed E-state index contributed by atoms with van der Waals surface area (Å²) >= 11 is 8.41. The van der Waals surface area contributed by atoms with Crippen molar-refractivity contribution in [1.82, 2.24) is 0 Å². The summed E-state index contributed by atoms with van der Waals surface area (Å²) < 4.78 is 1.19. The van der Waals surface area contributed by atoms with E-state index in [1.807, 2.05) is 32.9 Å². The molecule has 4 heteroatoms. The maximum Gasteiger partial charge on any atom is 0.257 e. The highest BCUT2D eigenvalue weighted by atomic mass is 127. The Morgan fingerprint density at radius 3 is 2.45 bits per heavy atom. The molecule has 2 aromatic carbocycles. The Labute approximate surface area is 137 Å². The number of halogens is 2. The highest BCUT2D eigenvalue weighted by Crippen LogP contribution is 2.24. The van der Waals surface area contributed by atoms with Gasteiger partial charge in [-0.1, -0.05) is 17.7 Å². The minimum atomic E-state index is -0.182. The summed E-state index contributed by atoms with van der Waals surface area (Å²) in [6.45, 7) is 5.95. The fraction of sp³-hybridized carbons (Fsp3) is 0.188. The molecular formula is C16H15ClINO. The van der Waals surface area contributed by atoms with Crippen LogP contribution in [-0.4, -0.2) is 5.91 Å². The zero-order chi connectivity index (χ0) is 14.9. The molecule has 2 nitrogen and oxygen atoms in total. The van der Waals surface area contributed by atoms with Crippen molar-refractivity contribution in [3.8, 4) is 0 Å². The highest BCUT2D eigenvalue weighted by molar-refractivity contribution is 14.1. The van der Waals surface area contributed by atoms with Crippen LogP contribution < -0.4 is 5.32 Å². The number of hydrogen-bond acceptors (Lipinski definition) is 1. The summed E-state index contributed by atoms with van der Waals surface area (Å²) in [4.78, 5) is 12.3. The fourth-order valence-corrected chi connectivity index (χ4v) is 2.85. The molecule has 104 valence electrons. The van der Waals surface area contributed by atoms with Gasteiger partial charge in [0.1, 0.15) is 0 Å². The molecule has 0 unspecified atom stereocenters. The molecule has 1 amide bonds. The zero-order valence-corrected chi connectivity index (χ0v) is 14.5. The van der Waals surface area contributed by atoms with Crippen molar-refractivity contribution in [3.63, 3.8) is 0 Å². The van der Waals surface area contributed by atoms with E-state index < -0.39 is 0 Å². The number of hydrogen-bond donors (Lipinski definition) is 1. The summed E-state index contributed by atoms with van der Waals surface area (Å²) in [5.74, 6) is -0.182. The smallest absolute Gasteiger partial charge is 0.257 e. The van der Waals surface area contributed by atoms with Crippen molar-refractivity contribution in [3.05, 3.63) is 61.2 Å². The van der Waals surface area contributed by atoms with E-state index in [9.17, 15) is 4.79 Å². The van der Waals surface area contributed by atoms with E-state index in [-0.39, 0.29) is 5.91 Å². The van der Waals surface area contributed by atoms with Crippen molar-refractivity contribution in [2.75, 3.05) is 5.32 Å². The molecule has 0 fully saturated rings. The third-order valence-electron chi connectivity index (χ3n) is 3.12. The van der Waals surface area contributed by atoms with Gasteiger partial charge in [0.05, 0.1) is 10.6 Å². The predicted molar refractivity (Wildman–Crippen MR) is 92.8 cm³/mol. The summed E-state index contributed by atoms with van der Waals surface area (Å²) in [5.41, 5.74) is 4.53. The van der Waals surface area contributed by atoms with Crippen LogP contribution in [0.4, 0.5) is 5.69 Å². The molecule has 0 aliphatic heterocycles. The maximum absolute atomic E-state index is 12.3. The van der Waals surface area contributed by atoms with E-state index in [0.717, 1.165) is 22.4 Å². The van der Waals surface area contributed by atoms with E-state index in [2.05, 4.69) is 34.0 Å². The number of anilines is 1. The predicted octanol–water partition coefficient (Wildman–Crippen LogP) is 5.12. The van der Waals surface area contributed by atoms with Gasteiger partial charge in [0.25, 0.3) is 5.91 Å². The molecule has 0 spiro atoms. The van der Waals surface area contributed by atoms with Crippen LogP contribution in [0.5, 0.6) is 0 Å². The first kappa shape index (κ1) is 15.3. The van der Waals surface area contributed by atoms with Crippen LogP contribution in [0.3, 0.4) is 0 Å². The molecule has 0 saturated carbocycles. The highest BCUT2D eigenvalue weighted by Gasteiger charge is 2.12. The Morgan fingerprint density at radius 1 is 1.10 bits per heavy atom. The Balaban J connectivity index is 2.30. The Bertz CT molecular complexity index is 682. The first-order valence-corrected chi connectivity index (χ1v) is 7.68. The molecule has 20 heavy (non-hydrogen) atoms. The van der Waals surface area contributed by atoms with Crippen LogP contribution in [0.25, 0.3) is 0 Å². The Morgan fingerprint density at radius 2 is 1.80 bits per heavy atom. The molecule has 0 aliphatic carbocycles. The standard InChI is InChI=1S/C16H15ClINO/c1-9-4-5-12(13(17)6-9)16(20)19-15-8-10(2)14(18)7-11(15)3/h4-8H,1-3H3,(H,19,20). The molecule has 0 aliphatic rings. The van der Waals surface area contributed by atoms with E-state index in [1.165, 1.54) is 3.57 Å². The molecule has 0 saturated heterocycles. The largest absolute Gasteiger partial charge is 0.322 e. The lowest BCUT2D eigenvalue weighted by Gasteiger charge is -2.12. The van der Waals surface area contributed by atoms with Gasteiger partial charge in [0, 0.05) is 9.26 Å². The average molecular weight is 400 g/mol. The number of amides is 1. The summed E-state index contributed by atoms with van der Waals surface area (Å²) in [7, 11) is 0. The van der Waals surface area contributed by atoms with Gasteiger partial charge in [-0.25, -0.2) is 0 Å². The van der Waals surface area contributed by atoms with Gasteiger partial charge < -0.3 is 5.32 Å². The monoisotopic (exact) mass is 399 g/mol. The number of aryl methyl sites for hydroxylation is 3. The normalized spacial score (nSPS) is 10.4. The summed E-state index contributed by atoms with van der Waals surface area (Å²) in [6.07, 6.45) is 0. The molecule has 0 radical (unpaired) electrons. The number of carbonyl (C=O) groups is 1. The van der Waals surface area contributed by atoms with Crippen LogP contribution in [-0.2, 0) is 0 Å². The molecule has 0 bridgehead atoms. The van der Waals surface area contributed by atoms with Gasteiger partial charge in [-0.3, -0.25) is 4.79 Å². The van der Waals surface area contributed by atoms with Gasteiger partial charge in [0.2, 0.25) is 0 Å². The molecule has 0 atom stereocenters. The van der Waals surface area contributed by atoms with Crippen molar-refractivity contribution in [2.24, 2.45) is 0 Å². The third kappa shape index (κ3) is 3.33. The topological polar surface area (TPSA) is 29.1 Å². The van der Waals surface area contributed by atoms with Crippen molar-refractivity contribution in [1.29, 1.82) is 0 Å². The SMILES string of the molecule is Cc1ccc(C(=O)Nc2cc(C)c(I)cc2C)c(Cl)c1. The van der Waals surface area contributed by atoms with Crippen LogP contribution in [0.2, 0.25) is 5.02 Å². The summed E-state index contributed by atoms with van der Waals surface area (Å²) in [6, 6.07) is 9.47. The van der Waals surface area contributed by atoms with Crippen LogP contribution in [0.1, 0.15) is 27.0 Å². The number of benzene rings is 2. The zero-order valence-electron chi connectivity index (χ0n) is 11.6. The van der Waals surface area contributed by atoms with Crippen LogP contribution >= 0.6 is 34.2 Å². The molecule has 1 N–H and O–H groups in total. The van der Waals surface area contributed by atoms with Gasteiger partial charge in [0.15, 0.2) is 0 Å². The Hall–Kier alpha value is -1.07. The first-order valence-electron chi connectivity index (χ1n) is 6.22. The van der Waals surface area contributed by atoms with Crippen molar-refractivity contribution < 1.29 is 4.79 Å².